The lowest BCUT2D eigenvalue weighted by Gasteiger charge is -2.25. The van der Waals surface area contributed by atoms with Gasteiger partial charge in [0.25, 0.3) is 0 Å². The third-order valence-corrected chi connectivity index (χ3v) is 5.31. The Labute approximate surface area is 138 Å². The van der Waals surface area contributed by atoms with E-state index in [1.54, 1.807) is 34.9 Å². The average molecular weight is 338 g/mol. The highest BCUT2D eigenvalue weighted by atomic mass is 35.5. The number of hydrogen-bond donors (Lipinski definition) is 0. The molecular formula is C16H13Cl2NOS. The SMILES string of the molecule is CC1SC(c2ccccc2)N(c2cc(Cl)ccc2Cl)C1=O. The van der Waals surface area contributed by atoms with E-state index in [9.17, 15) is 4.79 Å². The molecule has 1 heterocycles. The molecule has 1 saturated heterocycles. The third kappa shape index (κ3) is 2.78. The van der Waals surface area contributed by atoms with Crippen LogP contribution < -0.4 is 4.90 Å². The molecule has 0 N–H and O–H groups in total. The molecule has 2 aromatic carbocycles. The van der Waals surface area contributed by atoms with E-state index >= 15 is 0 Å². The summed E-state index contributed by atoms with van der Waals surface area (Å²) in [6.45, 7) is 1.92. The summed E-state index contributed by atoms with van der Waals surface area (Å²) >= 11 is 14.0. The number of anilines is 1. The highest BCUT2D eigenvalue weighted by Crippen LogP contribution is 2.47. The van der Waals surface area contributed by atoms with Crippen LogP contribution in [0.1, 0.15) is 17.9 Å². The normalized spacial score (nSPS) is 21.9. The molecule has 0 spiro atoms. The van der Waals surface area contributed by atoms with E-state index < -0.39 is 0 Å². The molecular weight excluding hydrogens is 325 g/mol. The Balaban J connectivity index is 2.08. The number of benzene rings is 2. The lowest BCUT2D eigenvalue weighted by Crippen LogP contribution is -2.30. The van der Waals surface area contributed by atoms with Crippen molar-refractivity contribution >= 4 is 46.6 Å². The Morgan fingerprint density at radius 3 is 2.52 bits per heavy atom. The van der Waals surface area contributed by atoms with Crippen LogP contribution in [0.25, 0.3) is 0 Å². The average Bonchev–Trinajstić information content (AvgIpc) is 2.79. The monoisotopic (exact) mass is 337 g/mol. The van der Waals surface area contributed by atoms with E-state index in [2.05, 4.69) is 0 Å². The summed E-state index contributed by atoms with van der Waals surface area (Å²) in [4.78, 5) is 14.3. The Bertz CT molecular complexity index is 677. The predicted molar refractivity (Wildman–Crippen MR) is 90.2 cm³/mol. The van der Waals surface area contributed by atoms with Crippen molar-refractivity contribution in [2.45, 2.75) is 17.5 Å². The van der Waals surface area contributed by atoms with Gasteiger partial charge in [-0.3, -0.25) is 9.69 Å². The van der Waals surface area contributed by atoms with E-state index in [0.29, 0.717) is 15.7 Å². The molecule has 2 unspecified atom stereocenters. The van der Waals surface area contributed by atoms with Gasteiger partial charge in [-0.1, -0.05) is 53.5 Å². The van der Waals surface area contributed by atoms with Crippen LogP contribution in [0, 0.1) is 0 Å². The molecule has 2 aromatic rings. The summed E-state index contributed by atoms with van der Waals surface area (Å²) in [6, 6.07) is 15.1. The molecule has 21 heavy (non-hydrogen) atoms. The second kappa shape index (κ2) is 5.91. The fourth-order valence-corrected chi connectivity index (χ4v) is 4.03. The molecule has 0 aromatic heterocycles. The molecule has 5 heteroatoms. The maximum Gasteiger partial charge on any atom is 0.241 e. The molecule has 1 aliphatic heterocycles. The first-order valence-electron chi connectivity index (χ1n) is 6.56. The van der Waals surface area contributed by atoms with Crippen molar-refractivity contribution in [3.63, 3.8) is 0 Å². The number of nitrogens with zero attached hydrogens (tertiary/aromatic N) is 1. The van der Waals surface area contributed by atoms with Gasteiger partial charge in [-0.2, -0.15) is 0 Å². The zero-order valence-corrected chi connectivity index (χ0v) is 13.6. The number of amides is 1. The van der Waals surface area contributed by atoms with Gasteiger partial charge in [0.15, 0.2) is 0 Å². The Kier molecular flexibility index (Phi) is 4.16. The first kappa shape index (κ1) is 14.8. The van der Waals surface area contributed by atoms with Crippen LogP contribution in [0.4, 0.5) is 5.69 Å². The maximum atomic E-state index is 12.6. The maximum absolute atomic E-state index is 12.6. The van der Waals surface area contributed by atoms with Gasteiger partial charge in [-0.25, -0.2) is 0 Å². The van der Waals surface area contributed by atoms with Gasteiger partial charge in [-0.15, -0.1) is 11.8 Å². The Morgan fingerprint density at radius 1 is 1.10 bits per heavy atom. The molecule has 1 fully saturated rings. The highest BCUT2D eigenvalue weighted by Gasteiger charge is 2.40. The number of thioether (sulfide) groups is 1. The minimum absolute atomic E-state index is 0.0537. The van der Waals surface area contributed by atoms with Crippen LogP contribution in [0.3, 0.4) is 0 Å². The Morgan fingerprint density at radius 2 is 1.81 bits per heavy atom. The second-order valence-electron chi connectivity index (χ2n) is 4.85. The molecule has 2 atom stereocenters. The fraction of sp³-hybridized carbons (Fsp3) is 0.188. The molecule has 2 nitrogen and oxygen atoms in total. The van der Waals surface area contributed by atoms with Crippen LogP contribution >= 0.6 is 35.0 Å². The molecule has 3 rings (SSSR count). The van der Waals surface area contributed by atoms with Crippen LogP contribution in [0.5, 0.6) is 0 Å². The van der Waals surface area contributed by atoms with E-state index in [-0.39, 0.29) is 16.5 Å². The number of halogens is 2. The molecule has 0 radical (unpaired) electrons. The quantitative estimate of drug-likeness (QED) is 0.754. The van der Waals surface area contributed by atoms with Gasteiger partial charge >= 0.3 is 0 Å². The highest BCUT2D eigenvalue weighted by molar-refractivity contribution is 8.01. The second-order valence-corrected chi connectivity index (χ2v) is 7.11. The summed E-state index contributed by atoms with van der Waals surface area (Å²) in [5, 5.41) is 0.914. The topological polar surface area (TPSA) is 20.3 Å². The lowest BCUT2D eigenvalue weighted by atomic mass is 10.2. The summed E-state index contributed by atoms with van der Waals surface area (Å²) in [7, 11) is 0. The number of rotatable bonds is 2. The smallest absolute Gasteiger partial charge is 0.241 e. The standard InChI is InChI=1S/C16H13Cl2NOS/c1-10-15(20)19(14-9-12(17)7-8-13(14)18)16(21-10)11-5-3-2-4-6-11/h2-10,16H,1H3. The first-order valence-corrected chi connectivity index (χ1v) is 8.26. The van der Waals surface area contributed by atoms with E-state index in [0.717, 1.165) is 5.56 Å². The molecule has 0 saturated carbocycles. The van der Waals surface area contributed by atoms with Crippen molar-refractivity contribution in [3.05, 3.63) is 64.1 Å². The van der Waals surface area contributed by atoms with Crippen molar-refractivity contribution in [3.8, 4) is 0 Å². The van der Waals surface area contributed by atoms with Crippen molar-refractivity contribution < 1.29 is 4.79 Å². The van der Waals surface area contributed by atoms with E-state index in [4.69, 9.17) is 23.2 Å². The van der Waals surface area contributed by atoms with Crippen molar-refractivity contribution in [2.24, 2.45) is 0 Å². The van der Waals surface area contributed by atoms with Crippen LogP contribution in [0.2, 0.25) is 10.0 Å². The molecule has 1 aliphatic rings. The first-order chi connectivity index (χ1) is 10.1. The minimum atomic E-state index is -0.106. The lowest BCUT2D eigenvalue weighted by molar-refractivity contribution is -0.117. The molecule has 108 valence electrons. The summed E-state index contributed by atoms with van der Waals surface area (Å²) in [5.41, 5.74) is 1.75. The predicted octanol–water partition coefficient (Wildman–Crippen LogP) is 5.16. The van der Waals surface area contributed by atoms with E-state index in [1.165, 1.54) is 0 Å². The zero-order chi connectivity index (χ0) is 15.0. The van der Waals surface area contributed by atoms with Gasteiger partial charge in [0, 0.05) is 5.02 Å². The van der Waals surface area contributed by atoms with Gasteiger partial charge in [0.1, 0.15) is 5.37 Å². The largest absolute Gasteiger partial charge is 0.293 e. The van der Waals surface area contributed by atoms with Crippen LogP contribution in [-0.2, 0) is 4.79 Å². The van der Waals surface area contributed by atoms with Crippen LogP contribution in [-0.4, -0.2) is 11.2 Å². The number of hydrogen-bond acceptors (Lipinski definition) is 2. The molecule has 0 bridgehead atoms. The van der Waals surface area contributed by atoms with Gasteiger partial charge in [0.05, 0.1) is 16.0 Å². The minimum Gasteiger partial charge on any atom is -0.293 e. The third-order valence-electron chi connectivity index (χ3n) is 3.41. The van der Waals surface area contributed by atoms with Crippen molar-refractivity contribution in [1.29, 1.82) is 0 Å². The van der Waals surface area contributed by atoms with Gasteiger partial charge in [-0.05, 0) is 30.7 Å². The van der Waals surface area contributed by atoms with Crippen LogP contribution in [0.15, 0.2) is 48.5 Å². The molecule has 1 amide bonds. The summed E-state index contributed by atoms with van der Waals surface area (Å²) in [5.74, 6) is 0.0537. The summed E-state index contributed by atoms with van der Waals surface area (Å²) in [6.07, 6.45) is 0. The van der Waals surface area contributed by atoms with Gasteiger partial charge in [0.2, 0.25) is 5.91 Å². The van der Waals surface area contributed by atoms with E-state index in [1.807, 2.05) is 37.3 Å². The zero-order valence-electron chi connectivity index (χ0n) is 11.3. The summed E-state index contributed by atoms with van der Waals surface area (Å²) < 4.78 is 0. The number of carbonyl (C=O) groups is 1. The van der Waals surface area contributed by atoms with Crippen molar-refractivity contribution in [1.82, 2.24) is 0 Å². The number of carbonyl (C=O) groups excluding carboxylic acids is 1. The Hall–Kier alpha value is -1.16. The van der Waals surface area contributed by atoms with Crippen molar-refractivity contribution in [2.75, 3.05) is 4.90 Å². The fourth-order valence-electron chi connectivity index (χ4n) is 2.38. The van der Waals surface area contributed by atoms with Gasteiger partial charge < -0.3 is 0 Å². The molecule has 0 aliphatic carbocycles.